The third-order valence-corrected chi connectivity index (χ3v) is 1.31. The standard InChI is InChI=1S/C5H7NO3S/c7-10(8)9-4-5-1-2-6-3-5/h1-3,6H,4H2,(H,7,8). The van der Waals surface area contributed by atoms with Crippen molar-refractivity contribution in [1.29, 1.82) is 0 Å². The maximum atomic E-state index is 9.97. The third kappa shape index (κ3) is 2.30. The average molecular weight is 161 g/mol. The Kier molecular flexibility index (Phi) is 2.61. The van der Waals surface area contributed by atoms with Crippen LogP contribution in [0.2, 0.25) is 0 Å². The lowest BCUT2D eigenvalue weighted by Gasteiger charge is -1.92. The predicted octanol–water partition coefficient (Wildman–Crippen LogP) is 0.668. The highest BCUT2D eigenvalue weighted by atomic mass is 32.2. The van der Waals surface area contributed by atoms with E-state index in [1.165, 1.54) is 0 Å². The summed E-state index contributed by atoms with van der Waals surface area (Å²) < 4.78 is 22.6. The van der Waals surface area contributed by atoms with Crippen molar-refractivity contribution in [3.8, 4) is 0 Å². The molecule has 5 heteroatoms. The molecule has 1 rings (SSSR count). The van der Waals surface area contributed by atoms with Gasteiger partial charge in [-0.2, -0.15) is 4.21 Å². The maximum Gasteiger partial charge on any atom is 0.302 e. The molecule has 0 saturated heterocycles. The Morgan fingerprint density at radius 3 is 3.10 bits per heavy atom. The van der Waals surface area contributed by atoms with Gasteiger partial charge in [0.1, 0.15) is 0 Å². The molecule has 0 fully saturated rings. The molecule has 0 bridgehead atoms. The van der Waals surface area contributed by atoms with Crippen LogP contribution in [-0.4, -0.2) is 13.7 Å². The monoisotopic (exact) mass is 161 g/mol. The molecule has 0 aliphatic heterocycles. The predicted molar refractivity (Wildman–Crippen MR) is 36.4 cm³/mol. The first kappa shape index (κ1) is 7.46. The molecule has 10 heavy (non-hydrogen) atoms. The van der Waals surface area contributed by atoms with Gasteiger partial charge in [-0.25, -0.2) is 0 Å². The van der Waals surface area contributed by atoms with Crippen molar-refractivity contribution in [2.75, 3.05) is 0 Å². The number of nitrogens with one attached hydrogen (secondary N) is 1. The van der Waals surface area contributed by atoms with Gasteiger partial charge in [-0.3, -0.25) is 8.74 Å². The highest BCUT2D eigenvalue weighted by molar-refractivity contribution is 7.74. The van der Waals surface area contributed by atoms with Crippen LogP contribution in [0.15, 0.2) is 18.5 Å². The number of rotatable bonds is 3. The molecular weight excluding hydrogens is 154 g/mol. The summed E-state index contributed by atoms with van der Waals surface area (Å²) in [6, 6.07) is 1.77. The first-order valence-electron chi connectivity index (χ1n) is 2.65. The number of hydrogen-bond donors (Lipinski definition) is 2. The fraction of sp³-hybridized carbons (Fsp3) is 0.200. The van der Waals surface area contributed by atoms with E-state index in [2.05, 4.69) is 9.17 Å². The van der Waals surface area contributed by atoms with Crippen molar-refractivity contribution < 1.29 is 12.9 Å². The Morgan fingerprint density at radius 1 is 1.80 bits per heavy atom. The van der Waals surface area contributed by atoms with E-state index in [-0.39, 0.29) is 6.61 Å². The van der Waals surface area contributed by atoms with Gasteiger partial charge in [0.25, 0.3) is 0 Å². The van der Waals surface area contributed by atoms with Gasteiger partial charge >= 0.3 is 11.4 Å². The van der Waals surface area contributed by atoms with Gasteiger partial charge in [0, 0.05) is 12.4 Å². The molecular formula is C5H7NO3S. The van der Waals surface area contributed by atoms with Crippen molar-refractivity contribution in [2.45, 2.75) is 6.61 Å². The summed E-state index contributed by atoms with van der Waals surface area (Å²) in [7, 11) is 0. The van der Waals surface area contributed by atoms with Crippen LogP contribution in [0.1, 0.15) is 5.56 Å². The highest BCUT2D eigenvalue weighted by Crippen LogP contribution is 1.98. The minimum atomic E-state index is -2.16. The van der Waals surface area contributed by atoms with Gasteiger partial charge in [-0.1, -0.05) is 0 Å². The molecule has 2 N–H and O–H groups in total. The van der Waals surface area contributed by atoms with Crippen molar-refractivity contribution in [1.82, 2.24) is 4.98 Å². The van der Waals surface area contributed by atoms with E-state index >= 15 is 0 Å². The highest BCUT2D eigenvalue weighted by Gasteiger charge is 1.95. The van der Waals surface area contributed by atoms with E-state index < -0.39 is 11.4 Å². The van der Waals surface area contributed by atoms with Gasteiger partial charge in [-0.05, 0) is 11.6 Å². The molecule has 1 aromatic rings. The van der Waals surface area contributed by atoms with Gasteiger partial charge in [0.05, 0.1) is 6.61 Å². The van der Waals surface area contributed by atoms with Crippen molar-refractivity contribution in [2.24, 2.45) is 0 Å². The Balaban J connectivity index is 2.35. The van der Waals surface area contributed by atoms with Crippen molar-refractivity contribution in [3.63, 3.8) is 0 Å². The van der Waals surface area contributed by atoms with Crippen LogP contribution in [0.4, 0.5) is 0 Å². The molecule has 1 atom stereocenters. The Hall–Kier alpha value is -0.650. The normalized spacial score (nSPS) is 13.3. The fourth-order valence-electron chi connectivity index (χ4n) is 0.567. The summed E-state index contributed by atoms with van der Waals surface area (Å²) in [6.45, 7) is 0.159. The first-order valence-corrected chi connectivity index (χ1v) is 3.68. The zero-order valence-electron chi connectivity index (χ0n) is 5.11. The Bertz CT molecular complexity index is 209. The molecule has 0 spiro atoms. The van der Waals surface area contributed by atoms with Crippen LogP contribution in [0, 0.1) is 0 Å². The zero-order chi connectivity index (χ0) is 7.40. The topological polar surface area (TPSA) is 62.3 Å². The summed E-state index contributed by atoms with van der Waals surface area (Å²) in [6.07, 6.45) is 3.42. The van der Waals surface area contributed by atoms with Crippen molar-refractivity contribution in [3.05, 3.63) is 24.0 Å². The molecule has 0 amide bonds. The fourth-order valence-corrected chi connectivity index (χ4v) is 0.804. The second-order valence-electron chi connectivity index (χ2n) is 1.70. The lowest BCUT2D eigenvalue weighted by atomic mass is 10.4. The van der Waals surface area contributed by atoms with Crippen LogP contribution in [0.3, 0.4) is 0 Å². The number of aromatic nitrogens is 1. The molecule has 0 aliphatic rings. The van der Waals surface area contributed by atoms with E-state index in [4.69, 9.17) is 4.55 Å². The number of hydrogen-bond acceptors (Lipinski definition) is 2. The smallest absolute Gasteiger partial charge is 0.302 e. The quantitative estimate of drug-likeness (QED) is 0.640. The third-order valence-electron chi connectivity index (χ3n) is 0.989. The molecule has 0 aliphatic carbocycles. The summed E-state index contributed by atoms with van der Waals surface area (Å²) in [4.78, 5) is 2.79. The van der Waals surface area contributed by atoms with E-state index in [1.54, 1.807) is 18.5 Å². The summed E-state index contributed by atoms with van der Waals surface area (Å²) in [5.41, 5.74) is 0.849. The average Bonchev–Trinajstić information content (AvgIpc) is 2.34. The molecule has 4 nitrogen and oxygen atoms in total. The Labute approximate surface area is 60.7 Å². The van der Waals surface area contributed by atoms with E-state index in [0.29, 0.717) is 0 Å². The summed E-state index contributed by atoms with van der Waals surface area (Å²) >= 11 is -2.16. The lowest BCUT2D eigenvalue weighted by molar-refractivity contribution is 0.297. The minimum Gasteiger partial charge on any atom is -0.367 e. The molecule has 1 heterocycles. The maximum absolute atomic E-state index is 9.97. The van der Waals surface area contributed by atoms with Gasteiger partial charge in [-0.15, -0.1) is 0 Å². The molecule has 1 unspecified atom stereocenters. The first-order chi connectivity index (χ1) is 4.79. The number of aromatic amines is 1. The van der Waals surface area contributed by atoms with E-state index in [0.717, 1.165) is 5.56 Å². The second kappa shape index (κ2) is 3.50. The van der Waals surface area contributed by atoms with Crippen LogP contribution < -0.4 is 0 Å². The van der Waals surface area contributed by atoms with Gasteiger partial charge in [0.15, 0.2) is 0 Å². The van der Waals surface area contributed by atoms with Crippen LogP contribution in [0.5, 0.6) is 0 Å². The molecule has 56 valence electrons. The SMILES string of the molecule is O=S(O)OCc1cc[nH]c1. The second-order valence-corrected chi connectivity index (χ2v) is 2.37. The van der Waals surface area contributed by atoms with E-state index in [1.807, 2.05) is 0 Å². The molecule has 0 radical (unpaired) electrons. The Morgan fingerprint density at radius 2 is 2.60 bits per heavy atom. The zero-order valence-corrected chi connectivity index (χ0v) is 5.93. The minimum absolute atomic E-state index is 0.159. The van der Waals surface area contributed by atoms with Crippen LogP contribution >= 0.6 is 0 Å². The lowest BCUT2D eigenvalue weighted by Crippen LogP contribution is -1.93. The number of H-pyrrole nitrogens is 1. The van der Waals surface area contributed by atoms with Gasteiger partial charge < -0.3 is 4.98 Å². The van der Waals surface area contributed by atoms with E-state index in [9.17, 15) is 4.21 Å². The van der Waals surface area contributed by atoms with Crippen LogP contribution in [-0.2, 0) is 22.2 Å². The van der Waals surface area contributed by atoms with Crippen molar-refractivity contribution >= 4 is 11.4 Å². The van der Waals surface area contributed by atoms with Crippen LogP contribution in [0.25, 0.3) is 0 Å². The van der Waals surface area contributed by atoms with Gasteiger partial charge in [0.2, 0.25) is 0 Å². The largest absolute Gasteiger partial charge is 0.367 e. The summed E-state index contributed by atoms with van der Waals surface area (Å²) in [5.74, 6) is 0. The molecule has 0 aromatic carbocycles. The summed E-state index contributed by atoms with van der Waals surface area (Å²) in [5, 5.41) is 0. The molecule has 0 saturated carbocycles. The molecule has 1 aromatic heterocycles.